The summed E-state index contributed by atoms with van der Waals surface area (Å²) in [6, 6.07) is 0. The fraction of sp³-hybridized carbons (Fsp3) is 0.938. The van der Waals surface area contributed by atoms with Gasteiger partial charge in [-0.25, -0.2) is 0 Å². The summed E-state index contributed by atoms with van der Waals surface area (Å²) in [7, 11) is 0. The lowest BCUT2D eigenvalue weighted by molar-refractivity contribution is -0.0657. The third-order valence-electron chi connectivity index (χ3n) is 7.72. The van der Waals surface area contributed by atoms with Crippen LogP contribution in [0.1, 0.15) is 155 Å². The van der Waals surface area contributed by atoms with Gasteiger partial charge in [-0.3, -0.25) is 0 Å². The Kier molecular flexibility index (Phi) is 23.9. The van der Waals surface area contributed by atoms with Gasteiger partial charge in [0.05, 0.1) is 6.61 Å². The molecule has 1 rings (SSSR count). The third-order valence-corrected chi connectivity index (χ3v) is 8.34. The van der Waals surface area contributed by atoms with Crippen molar-refractivity contribution in [3.8, 4) is 0 Å². The molecule has 1 fully saturated rings. The molecule has 230 valence electrons. The molecule has 0 aromatic carbocycles. The van der Waals surface area contributed by atoms with Crippen LogP contribution < -0.4 is 0 Å². The molecule has 0 aliphatic carbocycles. The predicted octanol–water partition coefficient (Wildman–Crippen LogP) is 8.79. The van der Waals surface area contributed by atoms with E-state index >= 15 is 0 Å². The van der Waals surface area contributed by atoms with Crippen LogP contribution in [0.2, 0.25) is 0 Å². The maximum absolute atomic E-state index is 10.6. The van der Waals surface area contributed by atoms with Gasteiger partial charge in [-0.05, 0) is 37.3 Å². The van der Waals surface area contributed by atoms with Gasteiger partial charge >= 0.3 is 0 Å². The Morgan fingerprint density at radius 1 is 0.692 bits per heavy atom. The first kappa shape index (κ1) is 36.7. The first-order valence-corrected chi connectivity index (χ1v) is 17.1. The Labute approximate surface area is 251 Å². The molecule has 2 N–H and O–H groups in total. The molecule has 0 radical (unpaired) electrons. The number of hydrogen-bond acceptors (Lipinski definition) is 7. The Morgan fingerprint density at radius 2 is 1.10 bits per heavy atom. The molecule has 39 heavy (non-hydrogen) atoms. The van der Waals surface area contributed by atoms with Crippen LogP contribution in [0.3, 0.4) is 0 Å². The molecule has 0 spiro atoms. The van der Waals surface area contributed by atoms with E-state index in [0.717, 1.165) is 38.5 Å². The minimum absolute atomic E-state index is 0.0219. The molecular weight excluding hydrogens is 528 g/mol. The minimum Gasteiger partial charge on any atom is -0.484 e. The Hall–Kier alpha value is -0.340. The van der Waals surface area contributed by atoms with Gasteiger partial charge in [0, 0.05) is 12.8 Å². The van der Waals surface area contributed by atoms with Crippen LogP contribution in [0.5, 0.6) is 0 Å². The van der Waals surface area contributed by atoms with Crippen molar-refractivity contribution in [2.75, 3.05) is 13.2 Å². The highest BCUT2D eigenvalue weighted by atomic mass is 32.1. The van der Waals surface area contributed by atoms with Crippen molar-refractivity contribution < 1.29 is 24.4 Å². The minimum atomic E-state index is -0.963. The highest BCUT2D eigenvalue weighted by molar-refractivity contribution is 7.80. The molecule has 0 aromatic rings. The fourth-order valence-corrected chi connectivity index (χ4v) is 5.62. The quantitative estimate of drug-likeness (QED) is 0.0773. The summed E-state index contributed by atoms with van der Waals surface area (Å²) in [6.07, 6.45) is 23.8. The lowest BCUT2D eigenvalue weighted by atomic mass is 10.1. The van der Waals surface area contributed by atoms with Gasteiger partial charge in [0.25, 0.3) is 0 Å². The van der Waals surface area contributed by atoms with E-state index in [1.54, 1.807) is 0 Å². The smallest absolute Gasteiger partial charge is 0.160 e. The average Bonchev–Trinajstić information content (AvgIpc) is 3.29. The van der Waals surface area contributed by atoms with Crippen molar-refractivity contribution in [1.82, 2.24) is 0 Å². The second-order valence-corrected chi connectivity index (χ2v) is 12.3. The van der Waals surface area contributed by atoms with Crippen LogP contribution in [-0.4, -0.2) is 57.9 Å². The number of aliphatic hydroxyl groups excluding tert-OH is 2. The summed E-state index contributed by atoms with van der Waals surface area (Å²) in [6.45, 7) is 4.74. The van der Waals surface area contributed by atoms with E-state index < -0.39 is 24.4 Å². The Morgan fingerprint density at radius 3 is 1.56 bits per heavy atom. The molecule has 1 aliphatic rings. The van der Waals surface area contributed by atoms with Crippen LogP contribution in [0.25, 0.3) is 0 Å². The molecule has 0 bridgehead atoms. The predicted molar refractivity (Wildman–Crippen MR) is 171 cm³/mol. The number of hydrogen-bond donors (Lipinski definition) is 2. The number of aliphatic hydroxyl groups is 2. The van der Waals surface area contributed by atoms with E-state index in [1.807, 2.05) is 0 Å². The lowest BCUT2D eigenvalue weighted by Gasteiger charge is -2.23. The summed E-state index contributed by atoms with van der Waals surface area (Å²) in [4.78, 5) is 0. The summed E-state index contributed by atoms with van der Waals surface area (Å²) in [5.41, 5.74) is 0. The normalized spacial score (nSPS) is 19.7. The molecule has 1 aliphatic heterocycles. The van der Waals surface area contributed by atoms with Crippen molar-refractivity contribution in [3.05, 3.63) is 0 Å². The first-order valence-electron chi connectivity index (χ1n) is 16.3. The van der Waals surface area contributed by atoms with Gasteiger partial charge in [0.1, 0.15) is 24.9 Å². The maximum atomic E-state index is 10.6. The van der Waals surface area contributed by atoms with Crippen molar-refractivity contribution in [1.29, 1.82) is 0 Å². The third kappa shape index (κ3) is 19.4. The Bertz CT molecular complexity index is 603. The monoisotopic (exact) mass is 588 g/mol. The van der Waals surface area contributed by atoms with Crippen LogP contribution in [0.15, 0.2) is 0 Å². The van der Waals surface area contributed by atoms with Crippen molar-refractivity contribution in [3.63, 3.8) is 0 Å². The zero-order chi connectivity index (χ0) is 28.6. The van der Waals surface area contributed by atoms with Gasteiger partial charge in [0.15, 0.2) is 16.2 Å². The molecule has 5 nitrogen and oxygen atoms in total. The topological polar surface area (TPSA) is 68.2 Å². The van der Waals surface area contributed by atoms with Gasteiger partial charge in [-0.1, -0.05) is 129 Å². The SMILES string of the molecule is CCCCCCCCCCCCC(=S)OC[C@@H](O)[C@H]1OC[C@H](OC(=S)CCCCCCCCCCCC)[C@H]1O. The Balaban J connectivity index is 2.05. The number of ether oxygens (including phenoxy) is 3. The van der Waals surface area contributed by atoms with E-state index in [-0.39, 0.29) is 13.2 Å². The maximum Gasteiger partial charge on any atom is 0.160 e. The van der Waals surface area contributed by atoms with Gasteiger partial charge in [0.2, 0.25) is 0 Å². The summed E-state index contributed by atoms with van der Waals surface area (Å²) < 4.78 is 17.1. The molecule has 0 saturated carbocycles. The highest BCUT2D eigenvalue weighted by Gasteiger charge is 2.42. The first-order chi connectivity index (χ1) is 19.0. The molecule has 0 aromatic heterocycles. The van der Waals surface area contributed by atoms with Crippen LogP contribution >= 0.6 is 24.4 Å². The second-order valence-electron chi connectivity index (χ2n) is 11.4. The van der Waals surface area contributed by atoms with E-state index in [9.17, 15) is 10.2 Å². The number of rotatable bonds is 26. The average molecular weight is 589 g/mol. The van der Waals surface area contributed by atoms with Crippen molar-refractivity contribution in [2.24, 2.45) is 0 Å². The van der Waals surface area contributed by atoms with E-state index in [4.69, 9.17) is 38.6 Å². The summed E-state index contributed by atoms with van der Waals surface area (Å²) >= 11 is 10.7. The molecule has 0 amide bonds. The lowest BCUT2D eigenvalue weighted by Crippen LogP contribution is -2.42. The van der Waals surface area contributed by atoms with Crippen LogP contribution in [-0.2, 0) is 14.2 Å². The largest absolute Gasteiger partial charge is 0.484 e. The van der Waals surface area contributed by atoms with Gasteiger partial charge in [-0.2, -0.15) is 0 Å². The zero-order valence-electron chi connectivity index (χ0n) is 25.2. The van der Waals surface area contributed by atoms with Gasteiger partial charge < -0.3 is 24.4 Å². The van der Waals surface area contributed by atoms with Gasteiger partial charge in [-0.15, -0.1) is 0 Å². The van der Waals surface area contributed by atoms with Crippen LogP contribution in [0.4, 0.5) is 0 Å². The fourth-order valence-electron chi connectivity index (χ4n) is 5.14. The molecule has 1 saturated heterocycles. The number of thiocarbonyl (C=S) groups is 2. The zero-order valence-corrected chi connectivity index (χ0v) is 26.8. The molecule has 7 heteroatoms. The molecular formula is C32H60O5S2. The van der Waals surface area contributed by atoms with Crippen LogP contribution in [0, 0.1) is 0 Å². The molecule has 0 unspecified atom stereocenters. The molecule has 1 heterocycles. The highest BCUT2D eigenvalue weighted by Crippen LogP contribution is 2.22. The van der Waals surface area contributed by atoms with E-state index in [2.05, 4.69) is 13.8 Å². The second kappa shape index (κ2) is 25.4. The van der Waals surface area contributed by atoms with E-state index in [1.165, 1.54) is 103 Å². The standard InChI is InChI=1S/C32H60O5S2/c1-3-5-7-9-11-13-15-17-19-21-23-29(38)35-25-27(33)32-31(34)28(26-36-32)37-30(39)24-22-20-18-16-14-12-10-8-6-4-2/h27-28,31-34H,3-26H2,1-2H3/t27-,28+,31-,32-/m1/s1. The van der Waals surface area contributed by atoms with Crippen molar-refractivity contribution >= 4 is 34.5 Å². The summed E-state index contributed by atoms with van der Waals surface area (Å²) in [5.74, 6) is 0. The number of unbranched alkanes of at least 4 members (excludes halogenated alkanes) is 18. The summed E-state index contributed by atoms with van der Waals surface area (Å²) in [5, 5.41) is 22.2. The molecule has 4 atom stereocenters. The van der Waals surface area contributed by atoms with Crippen molar-refractivity contribution in [2.45, 2.75) is 180 Å². The van der Waals surface area contributed by atoms with E-state index in [0.29, 0.717) is 10.1 Å².